The highest BCUT2D eigenvalue weighted by Crippen LogP contribution is 2.37. The van der Waals surface area contributed by atoms with Crippen LogP contribution in [-0.4, -0.2) is 4.57 Å². The van der Waals surface area contributed by atoms with Crippen molar-refractivity contribution in [2.24, 2.45) is 0 Å². The van der Waals surface area contributed by atoms with E-state index in [1.165, 1.54) is 49.8 Å². The molecule has 30 heavy (non-hydrogen) atoms. The van der Waals surface area contributed by atoms with Gasteiger partial charge in [0, 0.05) is 16.5 Å². The van der Waals surface area contributed by atoms with Gasteiger partial charge in [-0.2, -0.15) is 0 Å². The third kappa shape index (κ3) is 3.04. The van der Waals surface area contributed by atoms with Crippen LogP contribution in [0.2, 0.25) is 0 Å². The summed E-state index contributed by atoms with van der Waals surface area (Å²) in [6.45, 7) is 4.36. The van der Waals surface area contributed by atoms with Gasteiger partial charge in [-0.05, 0) is 59.9 Å². The predicted octanol–water partition coefficient (Wildman–Crippen LogP) is 8.40. The Labute approximate surface area is 177 Å². The van der Waals surface area contributed by atoms with Crippen molar-refractivity contribution in [1.82, 2.24) is 4.57 Å². The summed E-state index contributed by atoms with van der Waals surface area (Å²) in [6, 6.07) is 35.0. The molecule has 0 unspecified atom stereocenters. The predicted molar refractivity (Wildman–Crippen MR) is 131 cm³/mol. The first-order chi connectivity index (χ1) is 14.8. The van der Waals surface area contributed by atoms with Crippen LogP contribution in [0.3, 0.4) is 0 Å². The van der Waals surface area contributed by atoms with Gasteiger partial charge in [0.2, 0.25) is 0 Å². The zero-order valence-corrected chi connectivity index (χ0v) is 17.5. The standard InChI is InChI=1S/C29H25N/c1-3-25(4-2)30-28-17-15-23(21-11-7-5-8-12-21)19-26(28)27-20-24(16-18-29(27)30)22-13-9-6-10-14-22/h3,5-20H,4H2,1-2H3. The van der Waals surface area contributed by atoms with Crippen LogP contribution in [0.25, 0.3) is 49.8 Å². The molecule has 0 fully saturated rings. The molecule has 0 aliphatic heterocycles. The molecule has 0 aliphatic rings. The van der Waals surface area contributed by atoms with Gasteiger partial charge in [0.15, 0.2) is 0 Å². The smallest absolute Gasteiger partial charge is 0.0538 e. The minimum atomic E-state index is 0.996. The number of benzene rings is 4. The van der Waals surface area contributed by atoms with Crippen LogP contribution in [0.15, 0.2) is 103 Å². The lowest BCUT2D eigenvalue weighted by atomic mass is 10.0. The van der Waals surface area contributed by atoms with Gasteiger partial charge in [-0.1, -0.05) is 85.8 Å². The number of hydrogen-bond donors (Lipinski definition) is 0. The SMILES string of the molecule is CC=C(CC)n1c2ccc(-c3ccccc3)cc2c2cc(-c3ccccc3)ccc21. The van der Waals surface area contributed by atoms with E-state index < -0.39 is 0 Å². The van der Waals surface area contributed by atoms with Gasteiger partial charge in [0.1, 0.15) is 0 Å². The summed E-state index contributed by atoms with van der Waals surface area (Å²) >= 11 is 0. The zero-order valence-electron chi connectivity index (χ0n) is 17.5. The number of fused-ring (bicyclic) bond motifs is 3. The molecule has 5 aromatic rings. The average molecular weight is 388 g/mol. The highest BCUT2D eigenvalue weighted by Gasteiger charge is 2.14. The van der Waals surface area contributed by atoms with Crippen LogP contribution < -0.4 is 0 Å². The van der Waals surface area contributed by atoms with Gasteiger partial charge in [0.25, 0.3) is 0 Å². The fraction of sp³-hybridized carbons (Fsp3) is 0.103. The van der Waals surface area contributed by atoms with E-state index in [1.54, 1.807) is 0 Å². The fourth-order valence-corrected chi connectivity index (χ4v) is 4.44. The maximum absolute atomic E-state index is 2.42. The van der Waals surface area contributed by atoms with Crippen LogP contribution in [0.5, 0.6) is 0 Å². The summed E-state index contributed by atoms with van der Waals surface area (Å²) in [5.74, 6) is 0. The maximum Gasteiger partial charge on any atom is 0.0538 e. The lowest BCUT2D eigenvalue weighted by Gasteiger charge is -2.11. The minimum absolute atomic E-state index is 0.996. The normalized spacial score (nSPS) is 12.0. The molecule has 0 saturated heterocycles. The molecule has 1 heteroatoms. The molecule has 1 nitrogen and oxygen atoms in total. The van der Waals surface area contributed by atoms with E-state index in [0.29, 0.717) is 0 Å². The molecular weight excluding hydrogens is 362 g/mol. The lowest BCUT2D eigenvalue weighted by molar-refractivity contribution is 1.08. The fourth-order valence-electron chi connectivity index (χ4n) is 4.44. The largest absolute Gasteiger partial charge is 0.313 e. The van der Waals surface area contributed by atoms with E-state index in [9.17, 15) is 0 Å². The van der Waals surface area contributed by atoms with Crippen molar-refractivity contribution in [1.29, 1.82) is 0 Å². The van der Waals surface area contributed by atoms with E-state index in [4.69, 9.17) is 0 Å². The van der Waals surface area contributed by atoms with E-state index in [1.807, 2.05) is 0 Å². The zero-order chi connectivity index (χ0) is 20.5. The highest BCUT2D eigenvalue weighted by molar-refractivity contribution is 6.12. The van der Waals surface area contributed by atoms with E-state index in [0.717, 1.165) is 6.42 Å². The van der Waals surface area contributed by atoms with Crippen molar-refractivity contribution in [2.75, 3.05) is 0 Å². The van der Waals surface area contributed by atoms with Crippen LogP contribution in [-0.2, 0) is 0 Å². The molecule has 1 heterocycles. The highest BCUT2D eigenvalue weighted by atomic mass is 15.0. The van der Waals surface area contributed by atoms with Crippen LogP contribution >= 0.6 is 0 Å². The summed E-state index contributed by atoms with van der Waals surface area (Å²) in [5, 5.41) is 2.61. The molecule has 0 atom stereocenters. The summed E-state index contributed by atoms with van der Waals surface area (Å²) < 4.78 is 2.42. The first kappa shape index (κ1) is 18.4. The molecule has 0 N–H and O–H groups in total. The van der Waals surface area contributed by atoms with Crippen LogP contribution in [0.1, 0.15) is 20.3 Å². The molecule has 0 radical (unpaired) electrons. The molecule has 5 rings (SSSR count). The van der Waals surface area contributed by atoms with Crippen molar-refractivity contribution < 1.29 is 0 Å². The lowest BCUT2D eigenvalue weighted by Crippen LogP contribution is -1.95. The molecule has 0 spiro atoms. The molecule has 1 aromatic heterocycles. The summed E-state index contributed by atoms with van der Waals surface area (Å²) in [4.78, 5) is 0. The first-order valence-electron chi connectivity index (χ1n) is 10.6. The summed E-state index contributed by atoms with van der Waals surface area (Å²) in [7, 11) is 0. The molecule has 0 bridgehead atoms. The van der Waals surface area contributed by atoms with Crippen LogP contribution in [0.4, 0.5) is 0 Å². The molecule has 146 valence electrons. The third-order valence-corrected chi connectivity index (χ3v) is 5.96. The molecule has 0 amide bonds. The number of rotatable bonds is 4. The van der Waals surface area contributed by atoms with Crippen molar-refractivity contribution >= 4 is 27.5 Å². The van der Waals surface area contributed by atoms with Crippen molar-refractivity contribution in [2.45, 2.75) is 20.3 Å². The molecular formula is C29H25N. The van der Waals surface area contributed by atoms with Crippen molar-refractivity contribution in [3.05, 3.63) is 103 Å². The van der Waals surface area contributed by atoms with Gasteiger partial charge in [-0.15, -0.1) is 0 Å². The first-order valence-corrected chi connectivity index (χ1v) is 10.6. The number of aromatic nitrogens is 1. The molecule has 0 saturated carbocycles. The Bertz CT molecular complexity index is 1260. The van der Waals surface area contributed by atoms with Gasteiger partial charge in [-0.3, -0.25) is 0 Å². The Morgan fingerprint density at radius 3 is 1.50 bits per heavy atom. The summed E-state index contributed by atoms with van der Waals surface area (Å²) in [5.41, 5.74) is 8.88. The monoisotopic (exact) mass is 387 g/mol. The second-order valence-corrected chi connectivity index (χ2v) is 7.66. The van der Waals surface area contributed by atoms with Crippen LogP contribution in [0, 0.1) is 0 Å². The van der Waals surface area contributed by atoms with Crippen molar-refractivity contribution in [3.8, 4) is 22.3 Å². The topological polar surface area (TPSA) is 4.93 Å². The number of allylic oxidation sites excluding steroid dienone is 2. The molecule has 0 aliphatic carbocycles. The van der Waals surface area contributed by atoms with Gasteiger partial charge < -0.3 is 4.57 Å². The Morgan fingerprint density at radius 1 is 0.633 bits per heavy atom. The Hall–Kier alpha value is -3.58. The van der Waals surface area contributed by atoms with Gasteiger partial charge >= 0.3 is 0 Å². The second-order valence-electron chi connectivity index (χ2n) is 7.66. The summed E-state index contributed by atoms with van der Waals surface area (Å²) in [6.07, 6.45) is 3.23. The minimum Gasteiger partial charge on any atom is -0.313 e. The average Bonchev–Trinajstić information content (AvgIpc) is 3.14. The maximum atomic E-state index is 2.42. The Balaban J connectivity index is 1.83. The van der Waals surface area contributed by atoms with E-state index in [2.05, 4.69) is 122 Å². The van der Waals surface area contributed by atoms with Gasteiger partial charge in [0.05, 0.1) is 11.0 Å². The van der Waals surface area contributed by atoms with Crippen molar-refractivity contribution in [3.63, 3.8) is 0 Å². The van der Waals surface area contributed by atoms with Gasteiger partial charge in [-0.25, -0.2) is 0 Å². The number of nitrogens with zero attached hydrogens (tertiary/aromatic N) is 1. The third-order valence-electron chi connectivity index (χ3n) is 5.96. The van der Waals surface area contributed by atoms with E-state index >= 15 is 0 Å². The Kier molecular flexibility index (Phi) is 4.72. The van der Waals surface area contributed by atoms with E-state index in [-0.39, 0.29) is 0 Å². The number of hydrogen-bond acceptors (Lipinski definition) is 0. The Morgan fingerprint density at radius 2 is 1.10 bits per heavy atom. The molecule has 4 aromatic carbocycles. The quantitative estimate of drug-likeness (QED) is 0.292. The second kappa shape index (κ2) is 7.68.